The second-order valence-corrected chi connectivity index (χ2v) is 3.07. The van der Waals surface area contributed by atoms with Crippen LogP contribution in [0.5, 0.6) is 0 Å². The summed E-state index contributed by atoms with van der Waals surface area (Å²) in [6, 6.07) is 9.75. The number of ether oxygens (including phenoxy) is 1. The predicted octanol–water partition coefficient (Wildman–Crippen LogP) is 1.51. The lowest BCUT2D eigenvalue weighted by atomic mass is 10.2. The van der Waals surface area contributed by atoms with E-state index in [1.165, 1.54) is 0 Å². The van der Waals surface area contributed by atoms with Gasteiger partial charge in [0.2, 0.25) is 5.91 Å². The Morgan fingerprint density at radius 1 is 1.40 bits per heavy atom. The third kappa shape index (κ3) is 4.98. The molecule has 1 aromatic carbocycles. The summed E-state index contributed by atoms with van der Waals surface area (Å²) < 4.78 is 5.00. The predicted molar refractivity (Wildman–Crippen MR) is 59.3 cm³/mol. The van der Waals surface area contributed by atoms with Crippen molar-refractivity contribution in [3.05, 3.63) is 48.6 Å². The molecule has 0 aliphatic heterocycles. The minimum Gasteiger partial charge on any atom is -0.368 e. The van der Waals surface area contributed by atoms with Crippen LogP contribution >= 0.6 is 0 Å². The van der Waals surface area contributed by atoms with Crippen LogP contribution in [0.1, 0.15) is 5.56 Å². The molecule has 0 atom stereocenters. The Labute approximate surface area is 89.8 Å². The Morgan fingerprint density at radius 3 is 2.80 bits per heavy atom. The summed E-state index contributed by atoms with van der Waals surface area (Å²) in [7, 11) is 0. The maximum absolute atomic E-state index is 11.2. The van der Waals surface area contributed by atoms with Crippen molar-refractivity contribution >= 4 is 5.91 Å². The summed E-state index contributed by atoms with van der Waals surface area (Å²) in [6.45, 7) is 4.52. The summed E-state index contributed by atoms with van der Waals surface area (Å²) in [6.07, 6.45) is 1.62. The number of rotatable bonds is 6. The molecule has 0 spiro atoms. The van der Waals surface area contributed by atoms with Crippen LogP contribution in [0.25, 0.3) is 0 Å². The van der Waals surface area contributed by atoms with E-state index in [2.05, 4.69) is 11.9 Å². The number of carbonyl (C=O) groups is 1. The molecular formula is C12H15NO2. The lowest BCUT2D eigenvalue weighted by Gasteiger charge is -2.04. The van der Waals surface area contributed by atoms with Gasteiger partial charge in [-0.15, -0.1) is 6.58 Å². The van der Waals surface area contributed by atoms with Crippen molar-refractivity contribution in [3.8, 4) is 0 Å². The highest BCUT2D eigenvalue weighted by atomic mass is 16.5. The third-order valence-electron chi connectivity index (χ3n) is 1.80. The zero-order valence-corrected chi connectivity index (χ0v) is 8.61. The maximum Gasteiger partial charge on any atom is 0.246 e. The number of carbonyl (C=O) groups excluding carboxylic acids is 1. The molecule has 3 nitrogen and oxygen atoms in total. The fourth-order valence-corrected chi connectivity index (χ4v) is 1.08. The average Bonchev–Trinajstić information content (AvgIpc) is 2.28. The quantitative estimate of drug-likeness (QED) is 0.564. The zero-order valence-electron chi connectivity index (χ0n) is 8.61. The van der Waals surface area contributed by atoms with Crippen molar-refractivity contribution in [3.63, 3.8) is 0 Å². The first-order valence-electron chi connectivity index (χ1n) is 4.82. The number of amides is 1. The van der Waals surface area contributed by atoms with E-state index in [0.717, 1.165) is 5.56 Å². The molecule has 0 radical (unpaired) electrons. The lowest BCUT2D eigenvalue weighted by Crippen LogP contribution is -2.27. The van der Waals surface area contributed by atoms with Gasteiger partial charge in [-0.3, -0.25) is 4.79 Å². The van der Waals surface area contributed by atoms with Gasteiger partial charge in [-0.25, -0.2) is 0 Å². The van der Waals surface area contributed by atoms with Gasteiger partial charge in [0.1, 0.15) is 6.61 Å². The number of hydrogen-bond donors (Lipinski definition) is 1. The summed E-state index contributed by atoms with van der Waals surface area (Å²) in [4.78, 5) is 11.2. The molecule has 0 fully saturated rings. The van der Waals surface area contributed by atoms with Crippen LogP contribution < -0.4 is 5.32 Å². The molecule has 1 rings (SSSR count). The monoisotopic (exact) mass is 205 g/mol. The molecule has 15 heavy (non-hydrogen) atoms. The molecule has 1 amide bonds. The molecule has 0 aliphatic rings. The molecule has 0 aromatic heterocycles. The molecule has 0 unspecified atom stereocenters. The van der Waals surface area contributed by atoms with Crippen molar-refractivity contribution in [1.82, 2.24) is 5.32 Å². The molecule has 0 saturated heterocycles. The highest BCUT2D eigenvalue weighted by Gasteiger charge is 1.99. The summed E-state index contributed by atoms with van der Waals surface area (Å²) in [5.74, 6) is -0.110. The molecule has 1 aromatic rings. The van der Waals surface area contributed by atoms with Crippen molar-refractivity contribution in [2.75, 3.05) is 13.2 Å². The molecular weight excluding hydrogens is 190 g/mol. The van der Waals surface area contributed by atoms with E-state index < -0.39 is 0 Å². The Balaban J connectivity index is 2.20. The van der Waals surface area contributed by atoms with E-state index in [1.807, 2.05) is 30.3 Å². The van der Waals surface area contributed by atoms with Gasteiger partial charge < -0.3 is 10.1 Å². The van der Waals surface area contributed by atoms with Gasteiger partial charge in [0.15, 0.2) is 0 Å². The number of hydrogen-bond acceptors (Lipinski definition) is 2. The highest BCUT2D eigenvalue weighted by molar-refractivity contribution is 5.77. The van der Waals surface area contributed by atoms with E-state index in [9.17, 15) is 4.79 Å². The first kappa shape index (κ1) is 11.5. The van der Waals surface area contributed by atoms with Gasteiger partial charge >= 0.3 is 0 Å². The van der Waals surface area contributed by atoms with Crippen LogP contribution in [0.3, 0.4) is 0 Å². The van der Waals surface area contributed by atoms with Gasteiger partial charge in [0.25, 0.3) is 0 Å². The van der Waals surface area contributed by atoms with E-state index in [-0.39, 0.29) is 12.5 Å². The van der Waals surface area contributed by atoms with E-state index in [1.54, 1.807) is 6.08 Å². The van der Waals surface area contributed by atoms with Gasteiger partial charge in [-0.2, -0.15) is 0 Å². The van der Waals surface area contributed by atoms with Crippen molar-refractivity contribution in [1.29, 1.82) is 0 Å². The summed E-state index contributed by atoms with van der Waals surface area (Å²) in [5, 5.41) is 2.76. The topological polar surface area (TPSA) is 38.3 Å². The largest absolute Gasteiger partial charge is 0.368 e. The van der Waals surface area contributed by atoms with Crippen LogP contribution in [-0.4, -0.2) is 19.1 Å². The molecule has 3 heteroatoms. The smallest absolute Gasteiger partial charge is 0.246 e. The Hall–Kier alpha value is -1.61. The van der Waals surface area contributed by atoms with Crippen LogP contribution in [0.2, 0.25) is 0 Å². The van der Waals surface area contributed by atoms with Gasteiger partial charge in [0, 0.05) is 6.54 Å². The minimum absolute atomic E-state index is 0.0822. The third-order valence-corrected chi connectivity index (χ3v) is 1.80. The number of benzene rings is 1. The van der Waals surface area contributed by atoms with Gasteiger partial charge in [-0.1, -0.05) is 36.4 Å². The molecule has 0 heterocycles. The van der Waals surface area contributed by atoms with Crippen LogP contribution in [0.15, 0.2) is 43.0 Å². The van der Waals surface area contributed by atoms with Crippen molar-refractivity contribution in [2.24, 2.45) is 0 Å². The second-order valence-electron chi connectivity index (χ2n) is 3.07. The highest BCUT2D eigenvalue weighted by Crippen LogP contribution is 1.96. The van der Waals surface area contributed by atoms with Crippen LogP contribution in [-0.2, 0) is 16.1 Å². The normalized spacial score (nSPS) is 9.60. The van der Waals surface area contributed by atoms with Crippen LogP contribution in [0.4, 0.5) is 0 Å². The lowest BCUT2D eigenvalue weighted by molar-refractivity contribution is -0.125. The van der Waals surface area contributed by atoms with Crippen molar-refractivity contribution < 1.29 is 9.53 Å². The molecule has 0 aliphatic carbocycles. The van der Waals surface area contributed by atoms with Crippen LogP contribution in [0, 0.1) is 0 Å². The molecule has 80 valence electrons. The molecule has 1 N–H and O–H groups in total. The van der Waals surface area contributed by atoms with Gasteiger partial charge in [-0.05, 0) is 5.56 Å². The van der Waals surface area contributed by atoms with Gasteiger partial charge in [0.05, 0.1) is 6.61 Å². The summed E-state index contributed by atoms with van der Waals surface area (Å²) >= 11 is 0. The van der Waals surface area contributed by atoms with Crippen molar-refractivity contribution in [2.45, 2.75) is 6.54 Å². The second kappa shape index (κ2) is 6.79. The fourth-order valence-electron chi connectivity index (χ4n) is 1.08. The average molecular weight is 205 g/mol. The zero-order chi connectivity index (χ0) is 10.9. The first-order chi connectivity index (χ1) is 7.33. The van der Waals surface area contributed by atoms with E-state index in [0.29, 0.717) is 13.2 Å². The molecule has 0 saturated carbocycles. The first-order valence-corrected chi connectivity index (χ1v) is 4.82. The summed E-state index contributed by atoms with van der Waals surface area (Å²) in [5.41, 5.74) is 1.08. The Kier molecular flexibility index (Phi) is 5.19. The minimum atomic E-state index is -0.110. The Morgan fingerprint density at radius 2 is 2.13 bits per heavy atom. The molecule has 0 bridgehead atoms. The standard InChI is InChI=1S/C12H15NO2/c1-2-8-15-10-12(14)13-9-11-6-4-3-5-7-11/h2-7H,1,8-10H2,(H,13,14). The maximum atomic E-state index is 11.2. The Bertz CT molecular complexity index is 309. The van der Waals surface area contributed by atoms with E-state index >= 15 is 0 Å². The fraction of sp³-hybridized carbons (Fsp3) is 0.250. The number of nitrogens with one attached hydrogen (secondary N) is 1. The SMILES string of the molecule is C=CCOCC(=O)NCc1ccccc1. The van der Waals surface area contributed by atoms with E-state index in [4.69, 9.17) is 4.74 Å².